The molecule has 0 aliphatic carbocycles. The topological polar surface area (TPSA) is 84.7 Å². The van der Waals surface area contributed by atoms with Crippen molar-refractivity contribution in [2.45, 2.75) is 19.0 Å². The Balaban J connectivity index is 1.42. The fourth-order valence-corrected chi connectivity index (χ4v) is 3.02. The lowest BCUT2D eigenvalue weighted by Crippen LogP contribution is -2.36. The normalized spacial score (nSPS) is 16.5. The van der Waals surface area contributed by atoms with E-state index in [2.05, 4.69) is 37.9 Å². The lowest BCUT2D eigenvalue weighted by atomic mass is 10.1. The van der Waals surface area contributed by atoms with E-state index in [1.165, 1.54) is 5.56 Å². The first-order valence-electron chi connectivity index (χ1n) is 8.68. The second kappa shape index (κ2) is 7.45. The first-order chi connectivity index (χ1) is 12.8. The summed E-state index contributed by atoms with van der Waals surface area (Å²) < 4.78 is 2.02. The Labute approximate surface area is 151 Å². The van der Waals surface area contributed by atoms with Crippen LogP contribution in [-0.4, -0.2) is 44.8 Å². The van der Waals surface area contributed by atoms with Gasteiger partial charge in [0, 0.05) is 37.1 Å². The number of amides is 1. The van der Waals surface area contributed by atoms with Crippen molar-refractivity contribution in [3.05, 3.63) is 66.4 Å². The van der Waals surface area contributed by atoms with Gasteiger partial charge in [-0.05, 0) is 30.7 Å². The molecule has 2 aromatic heterocycles. The average molecular weight is 348 g/mol. The van der Waals surface area contributed by atoms with Gasteiger partial charge < -0.3 is 15.2 Å². The summed E-state index contributed by atoms with van der Waals surface area (Å²) in [6, 6.07) is 11.9. The van der Waals surface area contributed by atoms with Crippen LogP contribution in [0.2, 0.25) is 0 Å². The molecule has 0 spiro atoms. The molecule has 2 N–H and O–H groups in total. The highest BCUT2D eigenvalue weighted by Crippen LogP contribution is 2.17. The lowest BCUT2D eigenvalue weighted by molar-refractivity contribution is 0.0934. The molecule has 0 radical (unpaired) electrons. The Morgan fingerprint density at radius 3 is 2.73 bits per heavy atom. The van der Waals surface area contributed by atoms with E-state index >= 15 is 0 Å². The summed E-state index contributed by atoms with van der Waals surface area (Å²) in [4.78, 5) is 16.2. The molecule has 132 valence electrons. The van der Waals surface area contributed by atoms with Crippen LogP contribution in [0.25, 0.3) is 11.3 Å². The molecule has 1 fully saturated rings. The van der Waals surface area contributed by atoms with Crippen molar-refractivity contribution in [2.75, 3.05) is 13.1 Å². The van der Waals surface area contributed by atoms with Crippen molar-refractivity contribution in [2.24, 2.45) is 0 Å². The van der Waals surface area contributed by atoms with Gasteiger partial charge in [0.1, 0.15) is 0 Å². The Hall–Kier alpha value is -3.06. The maximum atomic E-state index is 12.2. The summed E-state index contributed by atoms with van der Waals surface area (Å²) in [7, 11) is 0. The van der Waals surface area contributed by atoms with Crippen molar-refractivity contribution in [3.8, 4) is 11.3 Å². The molecule has 0 saturated carbocycles. The van der Waals surface area contributed by atoms with Gasteiger partial charge in [0.25, 0.3) is 5.91 Å². The van der Waals surface area contributed by atoms with Gasteiger partial charge in [0.05, 0.1) is 12.0 Å². The molecule has 7 nitrogen and oxygen atoms in total. The van der Waals surface area contributed by atoms with Crippen LogP contribution in [0.4, 0.5) is 0 Å². The van der Waals surface area contributed by atoms with Gasteiger partial charge >= 0.3 is 0 Å². The quantitative estimate of drug-likeness (QED) is 0.730. The number of rotatable bonds is 5. The van der Waals surface area contributed by atoms with E-state index in [0.717, 1.165) is 37.3 Å². The zero-order valence-corrected chi connectivity index (χ0v) is 14.3. The Morgan fingerprint density at radius 2 is 2.08 bits per heavy atom. The second-order valence-electron chi connectivity index (χ2n) is 6.40. The highest BCUT2D eigenvalue weighted by Gasteiger charge is 2.18. The standard InChI is InChI=1S/C19H20N6O/c26-19(22-16-7-8-20-11-16)18-6-5-17(23-24-18)15-3-1-14(2-4-15)12-25-10-9-21-13-25/h1-6,9-10,13,16,20H,7-8,11-12H2,(H,22,26). The summed E-state index contributed by atoms with van der Waals surface area (Å²) in [6.07, 6.45) is 6.45. The largest absolute Gasteiger partial charge is 0.347 e. The summed E-state index contributed by atoms with van der Waals surface area (Å²) in [6.45, 7) is 2.52. The van der Waals surface area contributed by atoms with Gasteiger partial charge in [0.15, 0.2) is 5.69 Å². The van der Waals surface area contributed by atoms with Crippen LogP contribution in [0, 0.1) is 0 Å². The van der Waals surface area contributed by atoms with Gasteiger partial charge in [0.2, 0.25) is 0 Å². The van der Waals surface area contributed by atoms with Crippen LogP contribution in [-0.2, 0) is 6.54 Å². The van der Waals surface area contributed by atoms with Gasteiger partial charge in [-0.15, -0.1) is 10.2 Å². The second-order valence-corrected chi connectivity index (χ2v) is 6.40. The van der Waals surface area contributed by atoms with Crippen LogP contribution < -0.4 is 10.6 Å². The molecular formula is C19H20N6O. The number of carbonyl (C=O) groups excluding carboxylic acids is 1. The number of nitrogens with one attached hydrogen (secondary N) is 2. The van der Waals surface area contributed by atoms with E-state index in [1.807, 2.05) is 29.0 Å². The molecule has 0 bridgehead atoms. The fourth-order valence-electron chi connectivity index (χ4n) is 3.02. The zero-order valence-electron chi connectivity index (χ0n) is 14.3. The van der Waals surface area contributed by atoms with Gasteiger partial charge in [-0.2, -0.15) is 0 Å². The average Bonchev–Trinajstić information content (AvgIpc) is 3.37. The summed E-state index contributed by atoms with van der Waals surface area (Å²) >= 11 is 0. The predicted octanol–water partition coefficient (Wildman–Crippen LogP) is 1.48. The third kappa shape index (κ3) is 3.78. The van der Waals surface area contributed by atoms with E-state index < -0.39 is 0 Å². The molecule has 1 unspecified atom stereocenters. The molecule has 7 heteroatoms. The molecule has 1 aliphatic heterocycles. The number of imidazole rings is 1. The zero-order chi connectivity index (χ0) is 17.8. The van der Waals surface area contributed by atoms with Gasteiger partial charge in [-0.1, -0.05) is 24.3 Å². The predicted molar refractivity (Wildman–Crippen MR) is 97.5 cm³/mol. The summed E-state index contributed by atoms with van der Waals surface area (Å²) in [5.74, 6) is -0.173. The molecule has 1 amide bonds. The maximum absolute atomic E-state index is 12.2. The van der Waals surface area contributed by atoms with Crippen LogP contribution in [0.1, 0.15) is 22.5 Å². The molecule has 1 atom stereocenters. The van der Waals surface area contributed by atoms with Crippen LogP contribution in [0.15, 0.2) is 55.1 Å². The van der Waals surface area contributed by atoms with Crippen LogP contribution >= 0.6 is 0 Å². The Bertz CT molecular complexity index is 852. The first-order valence-corrected chi connectivity index (χ1v) is 8.68. The van der Waals surface area contributed by atoms with Crippen molar-refractivity contribution < 1.29 is 4.79 Å². The summed E-state index contributed by atoms with van der Waals surface area (Å²) in [5, 5.41) is 14.5. The Kier molecular flexibility index (Phi) is 4.70. The van der Waals surface area contributed by atoms with E-state index in [4.69, 9.17) is 0 Å². The maximum Gasteiger partial charge on any atom is 0.272 e. The Morgan fingerprint density at radius 1 is 1.19 bits per heavy atom. The number of hydrogen-bond donors (Lipinski definition) is 2. The number of nitrogens with zero attached hydrogens (tertiary/aromatic N) is 4. The number of carbonyl (C=O) groups is 1. The number of benzene rings is 1. The highest BCUT2D eigenvalue weighted by atomic mass is 16.2. The van der Waals surface area contributed by atoms with E-state index in [1.54, 1.807) is 18.6 Å². The minimum Gasteiger partial charge on any atom is -0.347 e. The van der Waals surface area contributed by atoms with Crippen molar-refractivity contribution in [1.29, 1.82) is 0 Å². The van der Waals surface area contributed by atoms with E-state index in [9.17, 15) is 4.79 Å². The van der Waals surface area contributed by atoms with Gasteiger partial charge in [-0.3, -0.25) is 4.79 Å². The molecule has 26 heavy (non-hydrogen) atoms. The van der Waals surface area contributed by atoms with Crippen molar-refractivity contribution in [1.82, 2.24) is 30.4 Å². The minimum atomic E-state index is -0.173. The third-order valence-electron chi connectivity index (χ3n) is 4.47. The molecule has 1 saturated heterocycles. The van der Waals surface area contributed by atoms with E-state index in [-0.39, 0.29) is 11.9 Å². The SMILES string of the molecule is O=C(NC1CCNC1)c1ccc(-c2ccc(Cn3ccnc3)cc2)nn1. The fraction of sp³-hybridized carbons (Fsp3) is 0.263. The molecule has 3 heterocycles. The lowest BCUT2D eigenvalue weighted by Gasteiger charge is -2.10. The van der Waals surface area contributed by atoms with Crippen LogP contribution in [0.5, 0.6) is 0 Å². The number of aromatic nitrogens is 4. The minimum absolute atomic E-state index is 0.173. The smallest absolute Gasteiger partial charge is 0.272 e. The molecular weight excluding hydrogens is 328 g/mol. The van der Waals surface area contributed by atoms with Gasteiger partial charge in [-0.25, -0.2) is 4.98 Å². The third-order valence-corrected chi connectivity index (χ3v) is 4.47. The molecule has 4 rings (SSSR count). The first kappa shape index (κ1) is 16.4. The highest BCUT2D eigenvalue weighted by molar-refractivity contribution is 5.92. The van der Waals surface area contributed by atoms with E-state index in [0.29, 0.717) is 5.69 Å². The summed E-state index contributed by atoms with van der Waals surface area (Å²) in [5.41, 5.74) is 3.25. The van der Waals surface area contributed by atoms with Crippen LogP contribution in [0.3, 0.4) is 0 Å². The van der Waals surface area contributed by atoms with Crippen molar-refractivity contribution >= 4 is 5.91 Å². The molecule has 1 aliphatic rings. The van der Waals surface area contributed by atoms with Crippen molar-refractivity contribution in [3.63, 3.8) is 0 Å². The number of hydrogen-bond acceptors (Lipinski definition) is 5. The molecule has 3 aromatic rings. The molecule has 1 aromatic carbocycles. The monoisotopic (exact) mass is 348 g/mol.